The van der Waals surface area contributed by atoms with Gasteiger partial charge >= 0.3 is 5.97 Å². The van der Waals surface area contributed by atoms with E-state index < -0.39 is 77.2 Å². The van der Waals surface area contributed by atoms with Crippen molar-refractivity contribution in [3.05, 3.63) is 59.8 Å². The summed E-state index contributed by atoms with van der Waals surface area (Å²) in [5, 5.41) is 12.1. The van der Waals surface area contributed by atoms with Crippen LogP contribution in [0.1, 0.15) is 43.1 Å². The van der Waals surface area contributed by atoms with Gasteiger partial charge in [0, 0.05) is 12.6 Å². The van der Waals surface area contributed by atoms with Crippen molar-refractivity contribution in [3.8, 4) is 5.88 Å². The van der Waals surface area contributed by atoms with Gasteiger partial charge in [0.25, 0.3) is 5.91 Å². The normalized spacial score (nSPS) is 22.7. The number of nitrogens with one attached hydrogen (secondary N) is 1. The van der Waals surface area contributed by atoms with E-state index in [1.54, 1.807) is 44.2 Å². The van der Waals surface area contributed by atoms with Crippen LogP contribution in [0.4, 0.5) is 0 Å². The third-order valence-corrected chi connectivity index (χ3v) is 6.22. The number of carbonyl (C=O) groups is 6. The van der Waals surface area contributed by atoms with E-state index >= 15 is 0 Å². The fourth-order valence-corrected chi connectivity index (χ4v) is 4.09. The van der Waals surface area contributed by atoms with Gasteiger partial charge in [0.2, 0.25) is 29.0 Å². The molecule has 3 rings (SSSR count). The number of hydrogen-bond acceptors (Lipinski definition) is 9. The predicted octanol–water partition coefficient (Wildman–Crippen LogP) is 1.63. The first-order valence-corrected chi connectivity index (χ1v) is 11.9. The van der Waals surface area contributed by atoms with Crippen LogP contribution in [0.25, 0.3) is 0 Å². The number of esters is 1. The van der Waals surface area contributed by atoms with Gasteiger partial charge in [0.1, 0.15) is 17.7 Å². The van der Waals surface area contributed by atoms with E-state index in [0.717, 1.165) is 0 Å². The molecule has 10 heteroatoms. The average molecular weight is 509 g/mol. The minimum Gasteiger partial charge on any atom is -0.493 e. The lowest BCUT2D eigenvalue weighted by Crippen LogP contribution is -2.47. The molecule has 0 unspecified atom stereocenters. The second kappa shape index (κ2) is 11.7. The van der Waals surface area contributed by atoms with Crippen LogP contribution >= 0.6 is 0 Å². The maximum Gasteiger partial charge on any atom is 0.308 e. The van der Waals surface area contributed by atoms with Gasteiger partial charge in [-0.3, -0.25) is 28.8 Å². The molecule has 1 amide bonds. The molecule has 0 spiro atoms. The molecule has 2 aromatic rings. The molecule has 0 saturated heterocycles. The van der Waals surface area contributed by atoms with E-state index in [9.17, 15) is 33.9 Å². The number of amides is 1. The first-order valence-electron chi connectivity index (χ1n) is 11.9. The molecule has 1 heterocycles. The average Bonchev–Trinajstić information content (AvgIpc) is 2.90. The van der Waals surface area contributed by atoms with Crippen LogP contribution in [0.15, 0.2) is 48.7 Å². The monoisotopic (exact) mass is 508 g/mol. The Balaban J connectivity index is 2.00. The Morgan fingerprint density at radius 3 is 2.32 bits per heavy atom. The molecule has 37 heavy (non-hydrogen) atoms. The van der Waals surface area contributed by atoms with Crippen LogP contribution in [-0.2, 0) is 35.1 Å². The number of hydrogen-bond donors (Lipinski definition) is 2. The summed E-state index contributed by atoms with van der Waals surface area (Å²) in [6.45, 7) is 4.51. The SMILES string of the molecule is CC(C)C(=O)O[C@@H]1[C@H](C)C(=O)C(=O)[C@@H](NC(=O)c2cccnc2O)CC(=O)C(=O)[C@@H]1Cc1ccccc1. The highest BCUT2D eigenvalue weighted by Crippen LogP contribution is 2.28. The van der Waals surface area contributed by atoms with E-state index in [2.05, 4.69) is 10.3 Å². The quantitative estimate of drug-likeness (QED) is 0.437. The number of aromatic hydroxyl groups is 1. The zero-order valence-electron chi connectivity index (χ0n) is 20.7. The Hall–Kier alpha value is -4.21. The lowest BCUT2D eigenvalue weighted by Gasteiger charge is -2.29. The van der Waals surface area contributed by atoms with Crippen molar-refractivity contribution in [2.75, 3.05) is 0 Å². The molecule has 2 N–H and O–H groups in total. The second-order valence-corrected chi connectivity index (χ2v) is 9.26. The van der Waals surface area contributed by atoms with E-state index in [0.29, 0.717) is 5.56 Å². The van der Waals surface area contributed by atoms with Gasteiger partial charge < -0.3 is 15.2 Å². The Kier molecular flexibility index (Phi) is 8.65. The van der Waals surface area contributed by atoms with Crippen molar-refractivity contribution in [3.63, 3.8) is 0 Å². The summed E-state index contributed by atoms with van der Waals surface area (Å²) < 4.78 is 5.57. The number of benzene rings is 1. The molecule has 1 fully saturated rings. The Labute approximate surface area is 213 Å². The van der Waals surface area contributed by atoms with Crippen molar-refractivity contribution in [1.29, 1.82) is 0 Å². The maximum absolute atomic E-state index is 13.4. The summed E-state index contributed by atoms with van der Waals surface area (Å²) in [5.41, 5.74) is 0.390. The molecule has 1 aliphatic carbocycles. The van der Waals surface area contributed by atoms with Crippen LogP contribution < -0.4 is 5.32 Å². The smallest absolute Gasteiger partial charge is 0.308 e. The number of nitrogens with zero attached hydrogens (tertiary/aromatic N) is 1. The third-order valence-electron chi connectivity index (χ3n) is 6.22. The fourth-order valence-electron chi connectivity index (χ4n) is 4.09. The zero-order valence-corrected chi connectivity index (χ0v) is 20.7. The molecule has 10 nitrogen and oxygen atoms in total. The van der Waals surface area contributed by atoms with Crippen LogP contribution in [0.3, 0.4) is 0 Å². The minimum atomic E-state index is -1.66. The second-order valence-electron chi connectivity index (χ2n) is 9.26. The van der Waals surface area contributed by atoms with Gasteiger partial charge in [-0.25, -0.2) is 4.98 Å². The van der Waals surface area contributed by atoms with Crippen LogP contribution in [0.2, 0.25) is 0 Å². The molecule has 1 aromatic heterocycles. The lowest BCUT2D eigenvalue weighted by atomic mass is 9.81. The maximum atomic E-state index is 13.4. The van der Waals surface area contributed by atoms with Crippen LogP contribution in [-0.4, -0.2) is 57.2 Å². The topological polar surface area (TPSA) is 157 Å². The predicted molar refractivity (Wildman–Crippen MR) is 129 cm³/mol. The Morgan fingerprint density at radius 1 is 1.03 bits per heavy atom. The summed E-state index contributed by atoms with van der Waals surface area (Å²) in [5.74, 6) is -9.36. The van der Waals surface area contributed by atoms with Crippen molar-refractivity contribution in [1.82, 2.24) is 10.3 Å². The van der Waals surface area contributed by atoms with Gasteiger partial charge in [0.05, 0.1) is 17.8 Å². The highest BCUT2D eigenvalue weighted by atomic mass is 16.5. The van der Waals surface area contributed by atoms with Crippen molar-refractivity contribution in [2.45, 2.75) is 45.8 Å². The van der Waals surface area contributed by atoms with E-state index in [1.165, 1.54) is 25.3 Å². The summed E-state index contributed by atoms with van der Waals surface area (Å²) in [4.78, 5) is 81.7. The van der Waals surface area contributed by atoms with E-state index in [-0.39, 0.29) is 12.0 Å². The van der Waals surface area contributed by atoms with E-state index in [1.807, 2.05) is 0 Å². The minimum absolute atomic E-state index is 0.00610. The first kappa shape index (κ1) is 27.4. The Morgan fingerprint density at radius 2 is 1.70 bits per heavy atom. The number of ketones is 4. The van der Waals surface area contributed by atoms with Gasteiger partial charge in [-0.1, -0.05) is 51.1 Å². The molecule has 4 atom stereocenters. The number of aromatic nitrogens is 1. The number of rotatable bonds is 6. The number of ether oxygens (including phenoxy) is 1. The van der Waals surface area contributed by atoms with Crippen molar-refractivity contribution in [2.24, 2.45) is 17.8 Å². The van der Waals surface area contributed by atoms with Gasteiger partial charge in [0.15, 0.2) is 0 Å². The summed E-state index contributed by atoms with van der Waals surface area (Å²) in [7, 11) is 0. The van der Waals surface area contributed by atoms with E-state index in [4.69, 9.17) is 4.74 Å². The molecule has 0 aliphatic heterocycles. The first-order chi connectivity index (χ1) is 17.5. The highest BCUT2D eigenvalue weighted by Gasteiger charge is 2.46. The molecule has 1 aromatic carbocycles. The molecule has 1 aliphatic rings. The summed E-state index contributed by atoms with van der Waals surface area (Å²) in [6, 6.07) is 9.67. The summed E-state index contributed by atoms with van der Waals surface area (Å²) in [6.07, 6.45) is -0.900. The lowest BCUT2D eigenvalue weighted by molar-refractivity contribution is -0.163. The van der Waals surface area contributed by atoms with Crippen LogP contribution in [0.5, 0.6) is 5.88 Å². The van der Waals surface area contributed by atoms with Gasteiger partial charge in [-0.05, 0) is 24.1 Å². The molecule has 0 bridgehead atoms. The molecular weight excluding hydrogens is 480 g/mol. The molecule has 194 valence electrons. The molecule has 0 radical (unpaired) electrons. The number of pyridine rings is 1. The number of carbonyl (C=O) groups excluding carboxylic acids is 6. The van der Waals surface area contributed by atoms with Crippen molar-refractivity contribution >= 4 is 35.0 Å². The Bertz CT molecular complexity index is 1220. The molecular formula is C27H28N2O8. The van der Waals surface area contributed by atoms with Gasteiger partial charge in [-0.15, -0.1) is 0 Å². The zero-order chi connectivity index (χ0) is 27.3. The molecule has 1 saturated carbocycles. The third kappa shape index (κ3) is 6.32. The van der Waals surface area contributed by atoms with Gasteiger partial charge in [-0.2, -0.15) is 0 Å². The highest BCUT2D eigenvalue weighted by molar-refractivity contribution is 6.44. The number of Topliss-reactive ketones (excluding diaryl/α,β-unsaturated/α-hetero) is 4. The summed E-state index contributed by atoms with van der Waals surface area (Å²) >= 11 is 0. The largest absolute Gasteiger partial charge is 0.493 e. The van der Waals surface area contributed by atoms with Crippen molar-refractivity contribution < 1.29 is 38.6 Å². The fraction of sp³-hybridized carbons (Fsp3) is 0.370. The standard InChI is InChI=1S/C27H28N2O8/c1-14(2)27(36)37-24-15(3)21(31)23(33)19(29-26(35)17-10-7-11-28-25(17)34)13-20(30)22(32)18(24)12-16-8-5-4-6-9-16/h4-11,14-15,18-19,24H,12-13H2,1-3H3,(H,28,34)(H,29,35)/t15-,18+,19+,24-/m1/s1. The van der Waals surface area contributed by atoms with Crippen LogP contribution in [0, 0.1) is 17.8 Å².